The number of hydrogen-bond acceptors (Lipinski definition) is 8. The number of para-hydroxylation sites is 2. The van der Waals surface area contributed by atoms with Gasteiger partial charge in [0.2, 0.25) is 5.60 Å². The third kappa shape index (κ3) is 8.24. The van der Waals surface area contributed by atoms with Gasteiger partial charge in [0.15, 0.2) is 6.61 Å². The van der Waals surface area contributed by atoms with E-state index in [-0.39, 0.29) is 57.2 Å². The molecule has 0 radical (unpaired) electrons. The predicted molar refractivity (Wildman–Crippen MR) is 180 cm³/mol. The number of piperazine rings is 1. The number of nitrogens with zero attached hydrogens (tertiary/aromatic N) is 5. The number of aromatic nitrogens is 1. The van der Waals surface area contributed by atoms with Gasteiger partial charge in [0.25, 0.3) is 17.7 Å². The number of alkyl halides is 6. The number of benzene rings is 1. The number of ether oxygens (including phenoxy) is 2. The van der Waals surface area contributed by atoms with Gasteiger partial charge in [-0.25, -0.2) is 0 Å². The van der Waals surface area contributed by atoms with Crippen molar-refractivity contribution in [2.24, 2.45) is 0 Å². The van der Waals surface area contributed by atoms with E-state index in [0.717, 1.165) is 23.8 Å². The lowest BCUT2D eigenvalue weighted by molar-refractivity contribution is -0.159. The number of piperidine rings is 1. The van der Waals surface area contributed by atoms with E-state index >= 15 is 0 Å². The van der Waals surface area contributed by atoms with Crippen LogP contribution < -0.4 is 14.4 Å². The lowest BCUT2D eigenvalue weighted by Crippen LogP contribution is -2.69. The maximum absolute atomic E-state index is 14.8. The van der Waals surface area contributed by atoms with Crippen LogP contribution in [0.5, 0.6) is 11.5 Å². The van der Waals surface area contributed by atoms with Crippen molar-refractivity contribution < 1.29 is 50.2 Å². The van der Waals surface area contributed by atoms with E-state index in [1.165, 1.54) is 14.7 Å². The molecule has 2 aromatic heterocycles. The molecule has 0 saturated carbocycles. The molecule has 17 heteroatoms. The molecule has 3 amide bonds. The number of likely N-dealkylation sites (N-methyl/N-ethyl adjacent to an activating group) is 1. The lowest BCUT2D eigenvalue weighted by Gasteiger charge is -2.50. The molecule has 2 saturated heterocycles. The number of pyridine rings is 1. The molecule has 2 atom stereocenters. The Bertz CT molecular complexity index is 1740. The van der Waals surface area contributed by atoms with Crippen molar-refractivity contribution in [3.8, 4) is 11.5 Å². The largest absolute Gasteiger partial charge is 0.482 e. The summed E-state index contributed by atoms with van der Waals surface area (Å²) in [6.45, 7) is 2.51. The average Bonchev–Trinajstić information content (AvgIpc) is 3.60. The van der Waals surface area contributed by atoms with Gasteiger partial charge in [-0.3, -0.25) is 19.4 Å². The second-order valence-electron chi connectivity index (χ2n) is 12.8. The highest BCUT2D eigenvalue weighted by Gasteiger charge is 2.56. The van der Waals surface area contributed by atoms with Gasteiger partial charge < -0.3 is 29.1 Å². The molecular weight excluding hydrogens is 716 g/mol. The fourth-order valence-corrected chi connectivity index (χ4v) is 7.31. The molecular formula is C35H39F6N5O5S. The van der Waals surface area contributed by atoms with E-state index in [1.807, 2.05) is 17.0 Å². The minimum Gasteiger partial charge on any atom is -0.482 e. The van der Waals surface area contributed by atoms with Crippen molar-refractivity contribution in [2.75, 3.05) is 58.3 Å². The summed E-state index contributed by atoms with van der Waals surface area (Å²) in [5.74, 6) is -1.58. The zero-order valence-corrected chi connectivity index (χ0v) is 29.6. The molecule has 1 aromatic carbocycles. The Balaban J connectivity index is 1.47. The van der Waals surface area contributed by atoms with Gasteiger partial charge in [-0.15, -0.1) is 11.3 Å². The average molecular weight is 756 g/mol. The molecule has 10 nitrogen and oxygen atoms in total. The molecule has 4 heterocycles. The second-order valence-corrected chi connectivity index (χ2v) is 13.7. The van der Waals surface area contributed by atoms with Crippen LogP contribution in [-0.4, -0.2) is 102 Å². The van der Waals surface area contributed by atoms with Crippen molar-refractivity contribution >= 4 is 34.7 Å². The van der Waals surface area contributed by atoms with E-state index < -0.39 is 51.8 Å². The highest BCUT2D eigenvalue weighted by Crippen LogP contribution is 2.43. The van der Waals surface area contributed by atoms with Gasteiger partial charge in [-0.2, -0.15) is 26.3 Å². The fourth-order valence-electron chi connectivity index (χ4n) is 6.63. The normalized spacial score (nSPS) is 19.7. The van der Waals surface area contributed by atoms with Gasteiger partial charge in [-0.05, 0) is 31.0 Å². The summed E-state index contributed by atoms with van der Waals surface area (Å²) in [6.07, 6.45) is -7.15. The maximum Gasteiger partial charge on any atom is 0.425 e. The minimum atomic E-state index is -4.87. The van der Waals surface area contributed by atoms with Crippen molar-refractivity contribution in [1.29, 1.82) is 0 Å². The molecule has 52 heavy (non-hydrogen) atoms. The van der Waals surface area contributed by atoms with Crippen molar-refractivity contribution in [3.63, 3.8) is 0 Å². The molecule has 0 N–H and O–H groups in total. The number of anilines is 1. The number of likely N-dealkylation sites (tertiary alicyclic amines) is 1. The van der Waals surface area contributed by atoms with E-state index in [9.17, 15) is 40.7 Å². The SMILES string of the molecule is CCC[C@H]1N(C(=O)c2cnccc2C(F)(F)F)CCC[C@@]1(Oc1csc(C(F)(F)F)c1)C(=O)N1CCN(c2ccccc2OCC(=O)N(C)C)CC1. The first-order valence-electron chi connectivity index (χ1n) is 16.7. The van der Waals surface area contributed by atoms with Crippen LogP contribution in [0.15, 0.2) is 54.2 Å². The smallest absolute Gasteiger partial charge is 0.425 e. The summed E-state index contributed by atoms with van der Waals surface area (Å²) >= 11 is 0.390. The Morgan fingerprint density at radius 2 is 1.71 bits per heavy atom. The molecule has 2 aliphatic heterocycles. The monoisotopic (exact) mass is 755 g/mol. The molecule has 0 bridgehead atoms. The van der Waals surface area contributed by atoms with Crippen molar-refractivity contribution in [3.05, 3.63) is 70.2 Å². The molecule has 0 unspecified atom stereocenters. The Labute approximate surface area is 300 Å². The van der Waals surface area contributed by atoms with Crippen molar-refractivity contribution in [1.82, 2.24) is 19.7 Å². The Morgan fingerprint density at radius 1 is 1.00 bits per heavy atom. The molecule has 0 spiro atoms. The third-order valence-electron chi connectivity index (χ3n) is 9.18. The van der Waals surface area contributed by atoms with Crippen LogP contribution in [0.25, 0.3) is 0 Å². The Morgan fingerprint density at radius 3 is 2.35 bits per heavy atom. The fraction of sp³-hybridized carbons (Fsp3) is 0.486. The van der Waals surface area contributed by atoms with Crippen molar-refractivity contribution in [2.45, 2.75) is 56.6 Å². The van der Waals surface area contributed by atoms with Gasteiger partial charge in [0.1, 0.15) is 16.4 Å². The minimum absolute atomic E-state index is 0.00738. The zero-order valence-electron chi connectivity index (χ0n) is 28.8. The Hall–Kier alpha value is -4.54. The number of rotatable bonds is 10. The molecule has 282 valence electrons. The van der Waals surface area contributed by atoms with Gasteiger partial charge in [-0.1, -0.05) is 25.5 Å². The number of halogens is 6. The first-order chi connectivity index (χ1) is 24.6. The highest BCUT2D eigenvalue weighted by molar-refractivity contribution is 7.10. The standard InChI is InChI=1S/C35H39F6N5O5S/c1-4-8-28-33(51-23-19-29(52-22-23)35(39,40)41,12-7-14-46(28)31(48)24-20-42-13-11-25(24)34(36,37)38)32(49)45-17-15-44(16-18-45)26-9-5-6-10-27(26)50-21-30(47)43(2)3/h5-6,9-11,13,19-20,22,28H,4,7-8,12,14-18,21H2,1-3H3/t28-,33+/m1/s1. The van der Waals surface area contributed by atoms with Gasteiger partial charge in [0.05, 0.1) is 22.9 Å². The van der Waals surface area contributed by atoms with Crippen LogP contribution in [0.4, 0.5) is 32.0 Å². The van der Waals surface area contributed by atoms with Crippen LogP contribution in [0.1, 0.15) is 53.4 Å². The number of hydrogen-bond donors (Lipinski definition) is 0. The Kier molecular flexibility index (Phi) is 11.6. The molecule has 2 fully saturated rings. The van der Waals surface area contributed by atoms with E-state index in [1.54, 1.807) is 33.2 Å². The van der Waals surface area contributed by atoms with Crippen LogP contribution in [0, 0.1) is 0 Å². The topological polar surface area (TPSA) is 95.5 Å². The van der Waals surface area contributed by atoms with Crippen LogP contribution in [-0.2, 0) is 21.9 Å². The van der Waals surface area contributed by atoms with Gasteiger partial charge in [0, 0.05) is 77.1 Å². The summed E-state index contributed by atoms with van der Waals surface area (Å²) in [4.78, 5) is 49.9. The number of carbonyl (C=O) groups excluding carboxylic acids is 3. The van der Waals surface area contributed by atoms with Gasteiger partial charge >= 0.3 is 12.4 Å². The second kappa shape index (κ2) is 15.6. The summed E-state index contributed by atoms with van der Waals surface area (Å²) < 4.78 is 95.1. The number of amides is 3. The first kappa shape index (κ1) is 38.7. The number of thiophene rings is 1. The first-order valence-corrected chi connectivity index (χ1v) is 17.6. The zero-order chi connectivity index (χ0) is 37.8. The molecule has 3 aromatic rings. The molecule has 2 aliphatic rings. The summed E-state index contributed by atoms with van der Waals surface area (Å²) in [6, 6.07) is 7.49. The molecule has 0 aliphatic carbocycles. The predicted octanol–water partition coefficient (Wildman–Crippen LogP) is 6.22. The van der Waals surface area contributed by atoms with E-state index in [4.69, 9.17) is 9.47 Å². The maximum atomic E-state index is 14.8. The van der Waals surface area contributed by atoms with E-state index in [2.05, 4.69) is 4.98 Å². The summed E-state index contributed by atoms with van der Waals surface area (Å²) in [5.41, 5.74) is -3.11. The van der Waals surface area contributed by atoms with Crippen LogP contribution >= 0.6 is 11.3 Å². The third-order valence-corrected chi connectivity index (χ3v) is 10.1. The summed E-state index contributed by atoms with van der Waals surface area (Å²) in [7, 11) is 3.23. The van der Waals surface area contributed by atoms with Crippen LogP contribution in [0.2, 0.25) is 0 Å². The summed E-state index contributed by atoms with van der Waals surface area (Å²) in [5, 5.41) is 1.14. The van der Waals surface area contributed by atoms with E-state index in [0.29, 0.717) is 48.4 Å². The number of carbonyl (C=O) groups is 3. The quantitative estimate of drug-likeness (QED) is 0.227. The highest BCUT2D eigenvalue weighted by atomic mass is 32.1. The lowest BCUT2D eigenvalue weighted by atomic mass is 9.79. The molecule has 5 rings (SSSR count). The van der Waals surface area contributed by atoms with Crippen LogP contribution in [0.3, 0.4) is 0 Å².